The number of hydrogen-bond donors (Lipinski definition) is 2. The molecular weight excluding hydrogens is 548 g/mol. The van der Waals surface area contributed by atoms with Crippen LogP contribution < -0.4 is 5.32 Å². The molecule has 6 rings (SSSR count). The highest BCUT2D eigenvalue weighted by atomic mass is 16.8. The maximum Gasteiger partial charge on any atom is 0.327 e. The number of nitrogens with one attached hydrogen (secondary N) is 1. The zero-order chi connectivity index (χ0) is 29.6. The Kier molecular flexibility index (Phi) is 7.79. The summed E-state index contributed by atoms with van der Waals surface area (Å²) in [5, 5.41) is 13.4. The number of ether oxygens (including phenoxy) is 3. The van der Waals surface area contributed by atoms with E-state index in [-0.39, 0.29) is 50.6 Å². The summed E-state index contributed by atoms with van der Waals surface area (Å²) in [7, 11) is 3.35. The Morgan fingerprint density at radius 3 is 2.81 bits per heavy atom. The second-order valence-corrected chi connectivity index (χ2v) is 11.6. The molecule has 4 aliphatic heterocycles. The van der Waals surface area contributed by atoms with Gasteiger partial charge in [0.05, 0.1) is 13.2 Å². The standard InChI is InChI=1S/C29H36N4O9/c1-31(2)21(35)9-8-17-5-3-6-18(13-17)15-33-24-27(37)41-20-14-29(24,25(42-33)23-22(20)39-16-40-23)28(38)32-11-4-7-19(32)26(36)30-10-12-34/h3,5-6,8-9,13,19-20,22-25,34H,4,7,10-12,14-16H2,1-2H3,(H,30,36). The number of aliphatic hydroxyl groups is 1. The molecule has 2 N–H and O–H groups in total. The third kappa shape index (κ3) is 4.78. The Hall–Kier alpha value is -3.36. The lowest BCUT2D eigenvalue weighted by molar-refractivity contribution is -0.204. The van der Waals surface area contributed by atoms with Crippen molar-refractivity contribution in [1.29, 1.82) is 0 Å². The zero-order valence-electron chi connectivity index (χ0n) is 23.6. The molecule has 3 amide bonds. The van der Waals surface area contributed by atoms with E-state index in [0.29, 0.717) is 19.4 Å². The van der Waals surface area contributed by atoms with Gasteiger partial charge in [-0.15, -0.1) is 0 Å². The van der Waals surface area contributed by atoms with Crippen molar-refractivity contribution in [3.8, 4) is 0 Å². The number of hydroxylamine groups is 2. The van der Waals surface area contributed by atoms with Crippen LogP contribution in [0.5, 0.6) is 0 Å². The highest BCUT2D eigenvalue weighted by Crippen LogP contribution is 2.56. The largest absolute Gasteiger partial charge is 0.458 e. The molecular formula is C29H36N4O9. The Labute approximate surface area is 243 Å². The summed E-state index contributed by atoms with van der Waals surface area (Å²) in [6, 6.07) is 5.69. The molecule has 0 spiro atoms. The zero-order valence-corrected chi connectivity index (χ0v) is 23.6. The van der Waals surface area contributed by atoms with Crippen LogP contribution >= 0.6 is 0 Å². The van der Waals surface area contributed by atoms with Crippen LogP contribution in [0, 0.1) is 5.41 Å². The Morgan fingerprint density at radius 2 is 2.02 bits per heavy atom. The lowest BCUT2D eigenvalue weighted by Crippen LogP contribution is -2.70. The molecule has 1 aromatic rings. The topological polar surface area (TPSA) is 147 Å². The lowest BCUT2D eigenvalue weighted by atomic mass is 9.62. The summed E-state index contributed by atoms with van der Waals surface area (Å²) in [6.07, 6.45) is 1.79. The monoisotopic (exact) mass is 584 g/mol. The van der Waals surface area contributed by atoms with Crippen LogP contribution in [0.2, 0.25) is 0 Å². The fourth-order valence-electron chi connectivity index (χ4n) is 6.95. The predicted octanol–water partition coefficient (Wildman–Crippen LogP) is -0.571. The van der Waals surface area contributed by atoms with Crippen LogP contribution in [0.25, 0.3) is 6.08 Å². The van der Waals surface area contributed by atoms with Gasteiger partial charge in [0.15, 0.2) is 6.04 Å². The minimum Gasteiger partial charge on any atom is -0.458 e. The molecule has 1 aromatic carbocycles. The van der Waals surface area contributed by atoms with Crippen molar-refractivity contribution in [3.05, 3.63) is 41.5 Å². The predicted molar refractivity (Wildman–Crippen MR) is 145 cm³/mol. The van der Waals surface area contributed by atoms with E-state index in [4.69, 9.17) is 19.0 Å². The fourth-order valence-corrected chi connectivity index (χ4v) is 6.95. The van der Waals surface area contributed by atoms with Crippen molar-refractivity contribution in [1.82, 2.24) is 20.2 Å². The van der Waals surface area contributed by atoms with Gasteiger partial charge in [-0.3, -0.25) is 24.0 Å². The molecule has 13 nitrogen and oxygen atoms in total. The summed E-state index contributed by atoms with van der Waals surface area (Å²) in [4.78, 5) is 62.8. The minimum atomic E-state index is -1.34. The number of likely N-dealkylation sites (tertiary alicyclic amines) is 1. The summed E-state index contributed by atoms with van der Waals surface area (Å²) < 4.78 is 17.6. The molecule has 7 unspecified atom stereocenters. The van der Waals surface area contributed by atoms with Gasteiger partial charge in [0.2, 0.25) is 17.7 Å². The van der Waals surface area contributed by atoms with Gasteiger partial charge in [0, 0.05) is 39.7 Å². The number of nitrogens with zero attached hydrogens (tertiary/aromatic N) is 3. The number of aliphatic hydroxyl groups excluding tert-OH is 1. The fraction of sp³-hybridized carbons (Fsp3) is 0.586. The second kappa shape index (κ2) is 11.4. The quantitative estimate of drug-likeness (QED) is 0.301. The summed E-state index contributed by atoms with van der Waals surface area (Å²) in [5.74, 6) is -1.40. The highest BCUT2D eigenvalue weighted by Gasteiger charge is 2.75. The summed E-state index contributed by atoms with van der Waals surface area (Å²) in [6.45, 7) is 0.403. The third-order valence-corrected chi connectivity index (χ3v) is 8.85. The Balaban J connectivity index is 1.32. The molecule has 2 bridgehead atoms. The number of amides is 3. The third-order valence-electron chi connectivity index (χ3n) is 8.85. The van der Waals surface area contributed by atoms with Gasteiger partial charge in [-0.25, -0.2) is 0 Å². The Bertz CT molecular complexity index is 1290. The van der Waals surface area contributed by atoms with E-state index >= 15 is 0 Å². The number of rotatable bonds is 8. The van der Waals surface area contributed by atoms with E-state index in [9.17, 15) is 24.3 Å². The number of likely N-dealkylation sites (N-methyl/N-ethyl adjacent to an activating group) is 1. The molecule has 5 fully saturated rings. The first kappa shape index (κ1) is 28.7. The van der Waals surface area contributed by atoms with E-state index in [1.165, 1.54) is 16.0 Å². The molecule has 7 atom stereocenters. The number of fused-ring (bicyclic) bond motifs is 4. The smallest absolute Gasteiger partial charge is 0.327 e. The van der Waals surface area contributed by atoms with E-state index in [1.807, 2.05) is 24.3 Å². The molecule has 4 heterocycles. The van der Waals surface area contributed by atoms with Gasteiger partial charge >= 0.3 is 5.97 Å². The second-order valence-electron chi connectivity index (χ2n) is 11.6. The van der Waals surface area contributed by atoms with Crippen LogP contribution in [-0.2, 0) is 44.8 Å². The van der Waals surface area contributed by atoms with Gasteiger partial charge in [-0.05, 0) is 30.0 Å². The molecule has 13 heteroatoms. The lowest BCUT2D eigenvalue weighted by Gasteiger charge is -2.50. The molecule has 4 saturated heterocycles. The van der Waals surface area contributed by atoms with E-state index < -0.39 is 47.9 Å². The van der Waals surface area contributed by atoms with Gasteiger partial charge in [-0.1, -0.05) is 24.3 Å². The number of carbonyl (C=O) groups excluding carboxylic acids is 4. The summed E-state index contributed by atoms with van der Waals surface area (Å²) >= 11 is 0. The number of hydrogen-bond acceptors (Lipinski definition) is 10. The molecule has 1 saturated carbocycles. The molecule has 226 valence electrons. The van der Waals surface area contributed by atoms with Crippen molar-refractivity contribution in [2.45, 2.75) is 62.3 Å². The number of carbonyl (C=O) groups is 4. The van der Waals surface area contributed by atoms with Crippen LogP contribution in [0.1, 0.15) is 30.4 Å². The molecule has 1 aliphatic carbocycles. The van der Waals surface area contributed by atoms with Gasteiger partial charge < -0.3 is 34.4 Å². The van der Waals surface area contributed by atoms with E-state index in [1.54, 1.807) is 25.1 Å². The SMILES string of the molecule is CN(C)C(=O)C=Cc1cccc(CN2OC3C4OCOC4C4CC3(C(=O)N3CCCC3C(=O)NCCO)C2C(=O)O4)c1. The van der Waals surface area contributed by atoms with Crippen LogP contribution in [0.4, 0.5) is 0 Å². The maximum absolute atomic E-state index is 14.6. The first-order chi connectivity index (χ1) is 20.2. The summed E-state index contributed by atoms with van der Waals surface area (Å²) in [5.41, 5.74) is 0.246. The number of esters is 1. The first-order valence-electron chi connectivity index (χ1n) is 14.3. The van der Waals surface area contributed by atoms with Crippen LogP contribution in [0.15, 0.2) is 30.3 Å². The van der Waals surface area contributed by atoms with Crippen molar-refractivity contribution in [2.75, 3.05) is 40.6 Å². The Morgan fingerprint density at radius 1 is 1.21 bits per heavy atom. The molecule has 0 aromatic heterocycles. The molecule has 42 heavy (non-hydrogen) atoms. The van der Waals surface area contributed by atoms with Crippen molar-refractivity contribution in [3.63, 3.8) is 0 Å². The van der Waals surface area contributed by atoms with Crippen molar-refractivity contribution < 1.29 is 43.3 Å². The van der Waals surface area contributed by atoms with Crippen molar-refractivity contribution in [2.24, 2.45) is 5.41 Å². The number of benzene rings is 1. The molecule has 5 aliphatic rings. The average Bonchev–Trinajstić information content (AvgIpc) is 3.72. The highest BCUT2D eigenvalue weighted by molar-refractivity contribution is 5.96. The van der Waals surface area contributed by atoms with E-state index in [0.717, 1.165) is 11.1 Å². The average molecular weight is 585 g/mol. The normalized spacial score (nSPS) is 33.5. The van der Waals surface area contributed by atoms with Crippen molar-refractivity contribution >= 4 is 29.8 Å². The van der Waals surface area contributed by atoms with Gasteiger partial charge in [0.1, 0.15) is 42.7 Å². The first-order valence-corrected chi connectivity index (χ1v) is 14.3. The van der Waals surface area contributed by atoms with E-state index in [2.05, 4.69) is 5.32 Å². The van der Waals surface area contributed by atoms with Crippen LogP contribution in [-0.4, -0.2) is 121 Å². The van der Waals surface area contributed by atoms with Gasteiger partial charge in [-0.2, -0.15) is 5.06 Å². The molecule has 0 radical (unpaired) electrons. The van der Waals surface area contributed by atoms with Crippen LogP contribution in [0.3, 0.4) is 0 Å². The van der Waals surface area contributed by atoms with Gasteiger partial charge in [0.25, 0.3) is 0 Å². The maximum atomic E-state index is 14.6. The minimum absolute atomic E-state index is 0.00582.